The first kappa shape index (κ1) is 9.52. The van der Waals surface area contributed by atoms with Crippen LogP contribution < -0.4 is 4.74 Å². The van der Waals surface area contributed by atoms with Crippen molar-refractivity contribution in [1.29, 1.82) is 0 Å². The summed E-state index contributed by atoms with van der Waals surface area (Å²) in [5.74, 6) is 0.674. The summed E-state index contributed by atoms with van der Waals surface area (Å²) in [6, 6.07) is 0. The van der Waals surface area contributed by atoms with Crippen LogP contribution in [-0.2, 0) is 7.05 Å². The van der Waals surface area contributed by atoms with Crippen molar-refractivity contribution >= 4 is 0 Å². The lowest BCUT2D eigenvalue weighted by Gasteiger charge is -2.18. The second-order valence-electron chi connectivity index (χ2n) is 4.28. The van der Waals surface area contributed by atoms with E-state index in [1.54, 1.807) is 18.0 Å². The van der Waals surface area contributed by atoms with Crippen molar-refractivity contribution in [1.82, 2.24) is 9.78 Å². The van der Waals surface area contributed by atoms with Crippen molar-refractivity contribution in [2.45, 2.75) is 25.9 Å². The molecule has 0 bridgehead atoms. The molecule has 0 aromatic carbocycles. The van der Waals surface area contributed by atoms with E-state index >= 15 is 0 Å². The van der Waals surface area contributed by atoms with E-state index in [1.807, 2.05) is 7.05 Å². The van der Waals surface area contributed by atoms with Gasteiger partial charge in [0.25, 0.3) is 0 Å². The SMILES string of the molecule is COc1cnn(C)c1C(O)C1(C)CC1. The Bertz CT molecular complexity index is 342. The van der Waals surface area contributed by atoms with Crippen molar-refractivity contribution in [3.8, 4) is 5.75 Å². The molecule has 1 N–H and O–H groups in total. The van der Waals surface area contributed by atoms with E-state index in [4.69, 9.17) is 4.74 Å². The molecule has 1 aliphatic rings. The molecule has 1 heterocycles. The molecular weight excluding hydrogens is 180 g/mol. The molecule has 1 unspecified atom stereocenters. The van der Waals surface area contributed by atoms with Gasteiger partial charge in [-0.1, -0.05) is 6.92 Å². The molecule has 0 radical (unpaired) electrons. The van der Waals surface area contributed by atoms with Gasteiger partial charge in [0, 0.05) is 7.05 Å². The predicted molar refractivity (Wildman–Crippen MR) is 52.1 cm³/mol. The number of hydrogen-bond donors (Lipinski definition) is 1. The minimum Gasteiger partial charge on any atom is -0.493 e. The molecule has 2 rings (SSSR count). The topological polar surface area (TPSA) is 47.3 Å². The van der Waals surface area contributed by atoms with E-state index in [-0.39, 0.29) is 5.41 Å². The maximum atomic E-state index is 10.2. The number of hydrogen-bond acceptors (Lipinski definition) is 3. The van der Waals surface area contributed by atoms with Gasteiger partial charge in [-0.15, -0.1) is 0 Å². The molecule has 0 saturated heterocycles. The van der Waals surface area contributed by atoms with E-state index in [2.05, 4.69) is 12.0 Å². The summed E-state index contributed by atoms with van der Waals surface area (Å²) in [6.07, 6.45) is 3.32. The highest BCUT2D eigenvalue weighted by molar-refractivity contribution is 5.29. The van der Waals surface area contributed by atoms with Gasteiger partial charge in [0.05, 0.1) is 13.3 Å². The van der Waals surface area contributed by atoms with Crippen LogP contribution >= 0.6 is 0 Å². The Kier molecular flexibility index (Phi) is 2.03. The highest BCUT2D eigenvalue weighted by Gasteiger charge is 2.47. The van der Waals surface area contributed by atoms with Crippen LogP contribution in [-0.4, -0.2) is 22.0 Å². The third-order valence-corrected chi connectivity index (χ3v) is 3.13. The fraction of sp³-hybridized carbons (Fsp3) is 0.700. The average Bonchev–Trinajstić information content (AvgIpc) is 2.79. The van der Waals surface area contributed by atoms with Crippen LogP contribution in [0, 0.1) is 5.41 Å². The summed E-state index contributed by atoms with van der Waals surface area (Å²) in [7, 11) is 3.43. The second-order valence-corrected chi connectivity index (χ2v) is 4.28. The fourth-order valence-corrected chi connectivity index (χ4v) is 1.70. The van der Waals surface area contributed by atoms with Crippen LogP contribution in [0.2, 0.25) is 0 Å². The molecule has 1 atom stereocenters. The van der Waals surface area contributed by atoms with Crippen molar-refractivity contribution in [3.63, 3.8) is 0 Å². The number of aliphatic hydroxyl groups is 1. The van der Waals surface area contributed by atoms with E-state index in [9.17, 15) is 5.11 Å². The number of methoxy groups -OCH3 is 1. The van der Waals surface area contributed by atoms with Crippen LogP contribution in [0.1, 0.15) is 31.6 Å². The monoisotopic (exact) mass is 196 g/mol. The molecule has 1 aromatic heterocycles. The quantitative estimate of drug-likeness (QED) is 0.791. The van der Waals surface area contributed by atoms with Gasteiger partial charge < -0.3 is 9.84 Å². The van der Waals surface area contributed by atoms with Crippen LogP contribution in [0.4, 0.5) is 0 Å². The van der Waals surface area contributed by atoms with E-state index < -0.39 is 6.10 Å². The lowest BCUT2D eigenvalue weighted by Crippen LogP contribution is -2.14. The predicted octanol–water partition coefficient (Wildman–Crippen LogP) is 1.26. The fourth-order valence-electron chi connectivity index (χ4n) is 1.70. The number of rotatable bonds is 3. The summed E-state index contributed by atoms with van der Waals surface area (Å²) >= 11 is 0. The van der Waals surface area contributed by atoms with Crippen LogP contribution in [0.3, 0.4) is 0 Å². The van der Waals surface area contributed by atoms with Gasteiger partial charge in [-0.25, -0.2) is 0 Å². The minimum atomic E-state index is -0.468. The lowest BCUT2D eigenvalue weighted by atomic mass is 9.99. The zero-order valence-electron chi connectivity index (χ0n) is 8.82. The number of aryl methyl sites for hydroxylation is 1. The molecule has 0 aliphatic heterocycles. The number of nitrogens with zero attached hydrogens (tertiary/aromatic N) is 2. The first-order valence-corrected chi connectivity index (χ1v) is 4.82. The molecule has 1 aromatic rings. The zero-order chi connectivity index (χ0) is 10.3. The minimum absolute atomic E-state index is 0.0288. The van der Waals surface area contributed by atoms with Gasteiger partial charge in [0.2, 0.25) is 0 Å². The summed E-state index contributed by atoms with van der Waals surface area (Å²) in [4.78, 5) is 0. The molecule has 0 amide bonds. The van der Waals surface area contributed by atoms with Gasteiger partial charge in [0.1, 0.15) is 11.8 Å². The Morgan fingerprint density at radius 1 is 1.64 bits per heavy atom. The summed E-state index contributed by atoms with van der Waals surface area (Å²) < 4.78 is 6.85. The average molecular weight is 196 g/mol. The molecule has 0 spiro atoms. The van der Waals surface area contributed by atoms with Crippen LogP contribution in [0.5, 0.6) is 5.75 Å². The number of ether oxygens (including phenoxy) is 1. The zero-order valence-corrected chi connectivity index (χ0v) is 8.82. The Morgan fingerprint density at radius 2 is 2.29 bits per heavy atom. The summed E-state index contributed by atoms with van der Waals surface area (Å²) in [5.41, 5.74) is 0.814. The van der Waals surface area contributed by atoms with E-state index in [1.165, 1.54) is 0 Å². The Balaban J connectivity index is 2.34. The highest BCUT2D eigenvalue weighted by atomic mass is 16.5. The smallest absolute Gasteiger partial charge is 0.162 e. The summed E-state index contributed by atoms with van der Waals surface area (Å²) in [6.45, 7) is 2.09. The number of aliphatic hydroxyl groups excluding tert-OH is 1. The van der Waals surface area contributed by atoms with Gasteiger partial charge in [-0.05, 0) is 18.3 Å². The van der Waals surface area contributed by atoms with Gasteiger partial charge in [-0.2, -0.15) is 5.10 Å². The first-order valence-electron chi connectivity index (χ1n) is 4.82. The largest absolute Gasteiger partial charge is 0.493 e. The standard InChI is InChI=1S/C10H16N2O2/c1-10(4-5-10)9(13)8-7(14-3)6-11-12(8)2/h6,9,13H,4-5H2,1-3H3. The van der Waals surface area contributed by atoms with Crippen molar-refractivity contribution < 1.29 is 9.84 Å². The third-order valence-electron chi connectivity index (χ3n) is 3.13. The van der Waals surface area contributed by atoms with Crippen molar-refractivity contribution in [2.24, 2.45) is 12.5 Å². The van der Waals surface area contributed by atoms with E-state index in [0.717, 1.165) is 18.5 Å². The second kappa shape index (κ2) is 2.98. The van der Waals surface area contributed by atoms with Gasteiger partial charge in [0.15, 0.2) is 5.75 Å². The Labute approximate surface area is 83.5 Å². The first-order chi connectivity index (χ1) is 6.58. The lowest BCUT2D eigenvalue weighted by molar-refractivity contribution is 0.0924. The van der Waals surface area contributed by atoms with E-state index in [0.29, 0.717) is 5.75 Å². The number of aromatic nitrogens is 2. The third kappa shape index (κ3) is 1.30. The maximum absolute atomic E-state index is 10.2. The molecule has 1 fully saturated rings. The molecule has 4 heteroatoms. The highest BCUT2D eigenvalue weighted by Crippen LogP contribution is 2.55. The van der Waals surface area contributed by atoms with Crippen LogP contribution in [0.15, 0.2) is 6.20 Å². The molecular formula is C10H16N2O2. The normalized spacial score (nSPS) is 20.6. The molecule has 1 aliphatic carbocycles. The van der Waals surface area contributed by atoms with Crippen LogP contribution in [0.25, 0.3) is 0 Å². The van der Waals surface area contributed by atoms with Gasteiger partial charge >= 0.3 is 0 Å². The Morgan fingerprint density at radius 3 is 2.79 bits per heavy atom. The summed E-state index contributed by atoms with van der Waals surface area (Å²) in [5, 5.41) is 14.2. The Hall–Kier alpha value is -1.03. The van der Waals surface area contributed by atoms with Crippen molar-refractivity contribution in [3.05, 3.63) is 11.9 Å². The van der Waals surface area contributed by atoms with Gasteiger partial charge in [-0.3, -0.25) is 4.68 Å². The molecule has 14 heavy (non-hydrogen) atoms. The molecule has 78 valence electrons. The van der Waals surface area contributed by atoms with Crippen molar-refractivity contribution in [2.75, 3.05) is 7.11 Å². The molecule has 1 saturated carbocycles. The maximum Gasteiger partial charge on any atom is 0.162 e. The molecule has 4 nitrogen and oxygen atoms in total.